The van der Waals surface area contributed by atoms with E-state index in [1.165, 1.54) is 6.20 Å². The lowest BCUT2D eigenvalue weighted by Gasteiger charge is -2.08. The van der Waals surface area contributed by atoms with Crippen LogP contribution in [-0.2, 0) is 10.0 Å². The number of halogens is 1. The Morgan fingerprint density at radius 2 is 2.29 bits per heavy atom. The van der Waals surface area contributed by atoms with E-state index in [0.717, 1.165) is 5.56 Å². The molecule has 0 aliphatic rings. The van der Waals surface area contributed by atoms with Crippen LogP contribution in [0.2, 0.25) is 0 Å². The van der Waals surface area contributed by atoms with Crippen molar-refractivity contribution >= 4 is 27.3 Å². The van der Waals surface area contributed by atoms with Gasteiger partial charge in [-0.1, -0.05) is 0 Å². The van der Waals surface area contributed by atoms with Gasteiger partial charge >= 0.3 is 0 Å². The van der Waals surface area contributed by atoms with Crippen molar-refractivity contribution in [3.05, 3.63) is 24.0 Å². The van der Waals surface area contributed by atoms with Crippen LogP contribution >= 0.6 is 11.6 Å². The van der Waals surface area contributed by atoms with Crippen molar-refractivity contribution in [3.63, 3.8) is 0 Å². The molecule has 0 spiro atoms. The summed E-state index contributed by atoms with van der Waals surface area (Å²) in [5.41, 5.74) is 1.33. The second-order valence-electron chi connectivity index (χ2n) is 2.80. The number of aromatic nitrogens is 1. The Balaban J connectivity index is 2.84. The maximum Gasteiger partial charge on any atom is 0.233 e. The van der Waals surface area contributed by atoms with Gasteiger partial charge in [0.25, 0.3) is 0 Å². The smallest absolute Gasteiger partial charge is 0.233 e. The molecular formula is C8H11ClN2O2S. The minimum Gasteiger partial charge on any atom is -0.283 e. The van der Waals surface area contributed by atoms with Gasteiger partial charge in [0.2, 0.25) is 10.0 Å². The van der Waals surface area contributed by atoms with E-state index >= 15 is 0 Å². The van der Waals surface area contributed by atoms with Gasteiger partial charge in [0, 0.05) is 18.3 Å². The fourth-order valence-corrected chi connectivity index (χ4v) is 2.39. The monoisotopic (exact) mass is 234 g/mol. The van der Waals surface area contributed by atoms with Gasteiger partial charge in [0.15, 0.2) is 0 Å². The van der Waals surface area contributed by atoms with E-state index in [9.17, 15) is 8.42 Å². The van der Waals surface area contributed by atoms with E-state index in [0.29, 0.717) is 5.69 Å². The molecule has 0 fully saturated rings. The SMILES string of the molecule is Cc1cnccc1NS(=O)(=O)CCCl. The lowest BCUT2D eigenvalue weighted by atomic mass is 10.3. The second kappa shape index (κ2) is 4.61. The summed E-state index contributed by atoms with van der Waals surface area (Å²) in [6.45, 7) is 1.78. The second-order valence-corrected chi connectivity index (χ2v) is 5.02. The largest absolute Gasteiger partial charge is 0.283 e. The van der Waals surface area contributed by atoms with E-state index in [2.05, 4.69) is 9.71 Å². The number of anilines is 1. The van der Waals surface area contributed by atoms with Gasteiger partial charge in [-0.15, -0.1) is 11.6 Å². The maximum absolute atomic E-state index is 11.3. The molecule has 0 radical (unpaired) electrons. The molecule has 1 rings (SSSR count). The Morgan fingerprint density at radius 1 is 1.57 bits per heavy atom. The van der Waals surface area contributed by atoms with Gasteiger partial charge in [-0.25, -0.2) is 8.42 Å². The molecule has 0 aromatic carbocycles. The highest BCUT2D eigenvalue weighted by atomic mass is 35.5. The maximum atomic E-state index is 11.3. The normalized spacial score (nSPS) is 11.3. The Morgan fingerprint density at radius 3 is 2.86 bits per heavy atom. The van der Waals surface area contributed by atoms with Crippen molar-refractivity contribution in [1.82, 2.24) is 4.98 Å². The molecule has 1 aromatic rings. The first kappa shape index (κ1) is 11.3. The van der Waals surface area contributed by atoms with Crippen LogP contribution in [0.15, 0.2) is 18.5 Å². The lowest BCUT2D eigenvalue weighted by molar-refractivity contribution is 0.602. The lowest BCUT2D eigenvalue weighted by Crippen LogP contribution is -2.18. The van der Waals surface area contributed by atoms with Gasteiger partial charge in [0.05, 0.1) is 11.4 Å². The van der Waals surface area contributed by atoms with Gasteiger partial charge in [-0.3, -0.25) is 9.71 Å². The predicted molar refractivity (Wildman–Crippen MR) is 57.1 cm³/mol. The third-order valence-corrected chi connectivity index (χ3v) is 3.32. The molecule has 0 saturated carbocycles. The van der Waals surface area contributed by atoms with E-state index in [-0.39, 0.29) is 11.6 Å². The zero-order chi connectivity index (χ0) is 10.6. The van der Waals surface area contributed by atoms with Gasteiger partial charge in [-0.2, -0.15) is 0 Å². The summed E-state index contributed by atoms with van der Waals surface area (Å²) in [7, 11) is -3.32. The fourth-order valence-electron chi connectivity index (χ4n) is 0.908. The fraction of sp³-hybridized carbons (Fsp3) is 0.375. The third-order valence-electron chi connectivity index (χ3n) is 1.63. The number of sulfonamides is 1. The standard InChI is InChI=1S/C8H11ClN2O2S/c1-7-6-10-4-2-8(7)11-14(12,13)5-3-9/h2,4,6H,3,5H2,1H3,(H,10,11). The number of nitrogens with one attached hydrogen (secondary N) is 1. The van der Waals surface area contributed by atoms with Crippen molar-refractivity contribution in [1.29, 1.82) is 0 Å². The van der Waals surface area contributed by atoms with Crippen LogP contribution in [0.1, 0.15) is 5.56 Å². The number of aryl methyl sites for hydroxylation is 1. The first-order chi connectivity index (χ1) is 6.55. The van der Waals surface area contributed by atoms with Crippen molar-refractivity contribution < 1.29 is 8.42 Å². The van der Waals surface area contributed by atoms with Gasteiger partial charge in [0.1, 0.15) is 0 Å². The molecule has 0 atom stereocenters. The van der Waals surface area contributed by atoms with E-state index in [1.54, 1.807) is 19.2 Å². The Kier molecular flexibility index (Phi) is 3.71. The van der Waals surface area contributed by atoms with Crippen molar-refractivity contribution in [2.45, 2.75) is 6.92 Å². The number of rotatable bonds is 4. The molecule has 1 heterocycles. The molecule has 0 saturated heterocycles. The number of pyridine rings is 1. The highest BCUT2D eigenvalue weighted by Crippen LogP contribution is 2.13. The summed E-state index contributed by atoms with van der Waals surface area (Å²) in [4.78, 5) is 3.86. The summed E-state index contributed by atoms with van der Waals surface area (Å²) in [5, 5.41) is 0. The third kappa shape index (κ3) is 3.16. The molecule has 0 bridgehead atoms. The average Bonchev–Trinajstić information content (AvgIpc) is 2.08. The number of hydrogen-bond donors (Lipinski definition) is 1. The summed E-state index contributed by atoms with van der Waals surface area (Å²) < 4.78 is 25.1. The van der Waals surface area contributed by atoms with Crippen LogP contribution in [0.25, 0.3) is 0 Å². The highest BCUT2D eigenvalue weighted by Gasteiger charge is 2.10. The minimum atomic E-state index is -3.32. The quantitative estimate of drug-likeness (QED) is 0.801. The van der Waals surface area contributed by atoms with Gasteiger partial charge in [-0.05, 0) is 18.6 Å². The first-order valence-corrected chi connectivity index (χ1v) is 6.21. The number of nitrogens with zero attached hydrogens (tertiary/aromatic N) is 1. The molecule has 1 aromatic heterocycles. The molecule has 0 unspecified atom stereocenters. The van der Waals surface area contributed by atoms with Crippen LogP contribution in [-0.4, -0.2) is 25.0 Å². The first-order valence-electron chi connectivity index (χ1n) is 4.02. The summed E-state index contributed by atoms with van der Waals surface area (Å²) in [5.74, 6) is -0.00418. The summed E-state index contributed by atoms with van der Waals surface area (Å²) >= 11 is 5.36. The zero-order valence-electron chi connectivity index (χ0n) is 7.70. The van der Waals surface area contributed by atoms with Crippen molar-refractivity contribution in [3.8, 4) is 0 Å². The minimum absolute atomic E-state index is 0.0828. The van der Waals surface area contributed by atoms with Crippen molar-refractivity contribution in [2.75, 3.05) is 16.4 Å². The van der Waals surface area contributed by atoms with Crippen LogP contribution in [0.3, 0.4) is 0 Å². The molecule has 0 amide bonds. The molecule has 14 heavy (non-hydrogen) atoms. The van der Waals surface area contributed by atoms with Gasteiger partial charge < -0.3 is 0 Å². The molecule has 0 aliphatic carbocycles. The van der Waals surface area contributed by atoms with Crippen LogP contribution in [0.5, 0.6) is 0 Å². The van der Waals surface area contributed by atoms with E-state index < -0.39 is 10.0 Å². The van der Waals surface area contributed by atoms with Crippen LogP contribution in [0, 0.1) is 6.92 Å². The Labute approximate surface area is 88.4 Å². The van der Waals surface area contributed by atoms with E-state index in [4.69, 9.17) is 11.6 Å². The Bertz CT molecular complexity index is 406. The Hall–Kier alpha value is -0.810. The summed E-state index contributed by atoms with van der Waals surface area (Å²) in [6, 6.07) is 1.61. The zero-order valence-corrected chi connectivity index (χ0v) is 9.27. The molecule has 4 nitrogen and oxygen atoms in total. The topological polar surface area (TPSA) is 59.1 Å². The molecule has 78 valence electrons. The molecule has 0 aliphatic heterocycles. The summed E-state index contributed by atoms with van der Waals surface area (Å²) in [6.07, 6.45) is 3.13. The van der Waals surface area contributed by atoms with Crippen molar-refractivity contribution in [2.24, 2.45) is 0 Å². The molecular weight excluding hydrogens is 224 g/mol. The molecule has 1 N–H and O–H groups in total. The molecule has 6 heteroatoms. The van der Waals surface area contributed by atoms with E-state index in [1.807, 2.05) is 0 Å². The van der Waals surface area contributed by atoms with Crippen LogP contribution < -0.4 is 4.72 Å². The number of alkyl halides is 1. The predicted octanol–water partition coefficient (Wildman–Crippen LogP) is 1.37. The highest BCUT2D eigenvalue weighted by molar-refractivity contribution is 7.92. The number of hydrogen-bond acceptors (Lipinski definition) is 3. The van der Waals surface area contributed by atoms with Crippen LogP contribution in [0.4, 0.5) is 5.69 Å². The average molecular weight is 235 g/mol.